The summed E-state index contributed by atoms with van der Waals surface area (Å²) in [5, 5.41) is 19.8. The SMILES string of the molecule is CC(C)(C)OC(=O)NCC(O)[C@@H](CNC(=O)c1[nH]c2ccccc2c1C1CCCC1)NC(=O)OC(C)(C)C. The molecular formula is C28H42N4O6. The topological polar surface area (TPSA) is 142 Å². The van der Waals surface area contributed by atoms with E-state index in [2.05, 4.69) is 20.9 Å². The number of carbonyl (C=O) groups excluding carboxylic acids is 3. The third-order valence-corrected chi connectivity index (χ3v) is 6.24. The maximum absolute atomic E-state index is 13.4. The largest absolute Gasteiger partial charge is 0.444 e. The average Bonchev–Trinajstić information content (AvgIpc) is 3.45. The zero-order valence-corrected chi connectivity index (χ0v) is 23.3. The number of aromatic nitrogens is 1. The first-order valence-corrected chi connectivity index (χ1v) is 13.3. The zero-order chi connectivity index (χ0) is 28.1. The second-order valence-corrected chi connectivity index (χ2v) is 11.9. The first kappa shape index (κ1) is 29.3. The van der Waals surface area contributed by atoms with Gasteiger partial charge in [0.2, 0.25) is 0 Å². The molecule has 0 radical (unpaired) electrons. The van der Waals surface area contributed by atoms with Crippen molar-refractivity contribution < 1.29 is 29.0 Å². The minimum atomic E-state index is -1.23. The van der Waals surface area contributed by atoms with Gasteiger partial charge in [-0.05, 0) is 71.9 Å². The van der Waals surface area contributed by atoms with E-state index >= 15 is 0 Å². The number of ether oxygens (including phenoxy) is 2. The van der Waals surface area contributed by atoms with Crippen molar-refractivity contribution in [1.29, 1.82) is 0 Å². The molecule has 5 N–H and O–H groups in total. The Morgan fingerprint density at radius 3 is 2.18 bits per heavy atom. The molecule has 1 heterocycles. The molecule has 0 aliphatic heterocycles. The number of benzene rings is 1. The van der Waals surface area contributed by atoms with Crippen LogP contribution in [0.25, 0.3) is 10.9 Å². The molecule has 3 amide bonds. The van der Waals surface area contributed by atoms with E-state index in [0.29, 0.717) is 11.6 Å². The van der Waals surface area contributed by atoms with Gasteiger partial charge in [-0.1, -0.05) is 31.0 Å². The number of hydrogen-bond acceptors (Lipinski definition) is 6. The van der Waals surface area contributed by atoms with E-state index in [1.54, 1.807) is 41.5 Å². The van der Waals surface area contributed by atoms with Crippen LogP contribution in [0.4, 0.5) is 9.59 Å². The number of amides is 3. The first-order chi connectivity index (χ1) is 17.7. The number of para-hydroxylation sites is 1. The smallest absolute Gasteiger partial charge is 0.408 e. The van der Waals surface area contributed by atoms with Crippen LogP contribution in [0.3, 0.4) is 0 Å². The van der Waals surface area contributed by atoms with Crippen LogP contribution in [-0.4, -0.2) is 64.6 Å². The second-order valence-electron chi connectivity index (χ2n) is 11.9. The number of nitrogens with one attached hydrogen (secondary N) is 4. The van der Waals surface area contributed by atoms with Crippen molar-refractivity contribution in [2.24, 2.45) is 0 Å². The van der Waals surface area contributed by atoms with Crippen LogP contribution in [0.1, 0.15) is 89.2 Å². The van der Waals surface area contributed by atoms with Gasteiger partial charge in [0.25, 0.3) is 5.91 Å². The molecule has 10 nitrogen and oxygen atoms in total. The minimum Gasteiger partial charge on any atom is -0.444 e. The number of carbonyl (C=O) groups is 3. The highest BCUT2D eigenvalue weighted by molar-refractivity contribution is 6.01. The van der Waals surface area contributed by atoms with Crippen LogP contribution in [0.5, 0.6) is 0 Å². The molecule has 1 aromatic heterocycles. The molecule has 1 aliphatic rings. The molecular weight excluding hydrogens is 488 g/mol. The van der Waals surface area contributed by atoms with Gasteiger partial charge in [-0.15, -0.1) is 0 Å². The molecule has 1 saturated carbocycles. The summed E-state index contributed by atoms with van der Waals surface area (Å²) in [4.78, 5) is 41.2. The van der Waals surface area contributed by atoms with Crippen molar-refractivity contribution in [2.45, 2.75) is 96.5 Å². The lowest BCUT2D eigenvalue weighted by molar-refractivity contribution is 0.0384. The number of hydrogen-bond donors (Lipinski definition) is 5. The zero-order valence-electron chi connectivity index (χ0n) is 23.3. The van der Waals surface area contributed by atoms with Gasteiger partial charge >= 0.3 is 12.2 Å². The Labute approximate surface area is 224 Å². The quantitative estimate of drug-likeness (QED) is 0.344. The second kappa shape index (κ2) is 12.1. The summed E-state index contributed by atoms with van der Waals surface area (Å²) in [5.41, 5.74) is 0.950. The molecule has 0 spiro atoms. The first-order valence-electron chi connectivity index (χ1n) is 13.3. The van der Waals surface area contributed by atoms with Gasteiger partial charge in [0, 0.05) is 24.0 Å². The Morgan fingerprint density at radius 1 is 0.947 bits per heavy atom. The predicted molar refractivity (Wildman–Crippen MR) is 145 cm³/mol. The third-order valence-electron chi connectivity index (χ3n) is 6.24. The summed E-state index contributed by atoms with van der Waals surface area (Å²) in [6, 6.07) is 6.92. The Kier molecular flexibility index (Phi) is 9.30. The van der Waals surface area contributed by atoms with Crippen LogP contribution in [0.2, 0.25) is 0 Å². The van der Waals surface area contributed by atoms with Crippen molar-refractivity contribution in [1.82, 2.24) is 20.9 Å². The molecule has 0 saturated heterocycles. The predicted octanol–water partition coefficient (Wildman–Crippen LogP) is 4.33. The van der Waals surface area contributed by atoms with E-state index in [1.807, 2.05) is 24.3 Å². The molecule has 2 atom stereocenters. The maximum atomic E-state index is 13.4. The molecule has 10 heteroatoms. The number of H-pyrrole nitrogens is 1. The van der Waals surface area contributed by atoms with Gasteiger partial charge < -0.3 is 35.5 Å². The third kappa shape index (κ3) is 8.37. The molecule has 210 valence electrons. The van der Waals surface area contributed by atoms with Gasteiger partial charge in [0.1, 0.15) is 16.9 Å². The normalized spacial score (nSPS) is 16.1. The molecule has 1 fully saturated rings. The van der Waals surface area contributed by atoms with Crippen molar-refractivity contribution in [3.8, 4) is 0 Å². The maximum Gasteiger partial charge on any atom is 0.408 e. The Bertz CT molecular complexity index is 1120. The van der Waals surface area contributed by atoms with Gasteiger partial charge in [-0.2, -0.15) is 0 Å². The number of alkyl carbamates (subject to hydrolysis) is 2. The summed E-state index contributed by atoms with van der Waals surface area (Å²) in [6.45, 7) is 10.1. The van der Waals surface area contributed by atoms with Crippen molar-refractivity contribution in [3.63, 3.8) is 0 Å². The Hall–Kier alpha value is -3.27. The average molecular weight is 531 g/mol. The van der Waals surface area contributed by atoms with E-state index in [9.17, 15) is 19.5 Å². The molecule has 38 heavy (non-hydrogen) atoms. The molecule has 0 bridgehead atoms. The Balaban J connectivity index is 1.74. The summed E-state index contributed by atoms with van der Waals surface area (Å²) in [6.07, 6.45) is 1.64. The molecule has 1 aromatic carbocycles. The number of aliphatic hydroxyl groups excluding tert-OH is 1. The van der Waals surface area contributed by atoms with Crippen molar-refractivity contribution >= 4 is 29.0 Å². The monoisotopic (exact) mass is 530 g/mol. The standard InChI is InChI=1S/C28H42N4O6/c1-27(2,3)37-25(35)30-16-21(33)20(32-26(36)38-28(4,5)6)15-29-24(34)23-22(17-11-7-8-12-17)18-13-9-10-14-19(18)31-23/h9-10,13-14,17,20-21,31,33H,7-8,11-12,15-16H2,1-6H3,(H,29,34)(H,30,35)(H,32,36)/t20-,21?/m1/s1. The fraction of sp³-hybridized carbons (Fsp3) is 0.607. The highest BCUT2D eigenvalue weighted by Gasteiger charge is 2.29. The Morgan fingerprint density at radius 2 is 1.55 bits per heavy atom. The van der Waals surface area contributed by atoms with Gasteiger partial charge in [0.05, 0.1) is 12.1 Å². The minimum absolute atomic E-state index is 0.0886. The number of fused-ring (bicyclic) bond motifs is 1. The van der Waals surface area contributed by atoms with E-state index in [1.165, 1.54) is 0 Å². The summed E-state index contributed by atoms with van der Waals surface area (Å²) >= 11 is 0. The highest BCUT2D eigenvalue weighted by Crippen LogP contribution is 2.39. The highest BCUT2D eigenvalue weighted by atomic mass is 16.6. The van der Waals surface area contributed by atoms with Gasteiger partial charge in [0.15, 0.2) is 0 Å². The molecule has 2 aromatic rings. The lowest BCUT2D eigenvalue weighted by Gasteiger charge is -2.27. The summed E-state index contributed by atoms with van der Waals surface area (Å²) in [5.74, 6) is -0.0300. The fourth-order valence-corrected chi connectivity index (χ4v) is 4.66. The number of aromatic amines is 1. The van der Waals surface area contributed by atoms with Crippen LogP contribution < -0.4 is 16.0 Å². The summed E-state index contributed by atoms with van der Waals surface area (Å²) < 4.78 is 10.6. The molecule has 1 unspecified atom stereocenters. The van der Waals surface area contributed by atoms with Gasteiger partial charge in [-0.25, -0.2) is 9.59 Å². The lowest BCUT2D eigenvalue weighted by Crippen LogP contribution is -2.54. The number of aliphatic hydroxyl groups is 1. The van der Waals surface area contributed by atoms with E-state index in [-0.39, 0.29) is 19.0 Å². The lowest BCUT2D eigenvalue weighted by atomic mass is 9.94. The van der Waals surface area contributed by atoms with Crippen molar-refractivity contribution in [3.05, 3.63) is 35.5 Å². The van der Waals surface area contributed by atoms with Crippen LogP contribution in [0, 0.1) is 0 Å². The molecule has 3 rings (SSSR count). The van der Waals surface area contributed by atoms with Crippen LogP contribution in [-0.2, 0) is 9.47 Å². The van der Waals surface area contributed by atoms with E-state index in [0.717, 1.165) is 42.1 Å². The number of rotatable bonds is 8. The van der Waals surface area contributed by atoms with E-state index in [4.69, 9.17) is 9.47 Å². The van der Waals surface area contributed by atoms with Crippen LogP contribution >= 0.6 is 0 Å². The van der Waals surface area contributed by atoms with Crippen LogP contribution in [0.15, 0.2) is 24.3 Å². The molecule has 1 aliphatic carbocycles. The van der Waals surface area contributed by atoms with Gasteiger partial charge in [-0.3, -0.25) is 4.79 Å². The summed E-state index contributed by atoms with van der Waals surface area (Å²) in [7, 11) is 0. The fourth-order valence-electron chi connectivity index (χ4n) is 4.66. The van der Waals surface area contributed by atoms with E-state index < -0.39 is 35.5 Å². The van der Waals surface area contributed by atoms with Crippen molar-refractivity contribution in [2.75, 3.05) is 13.1 Å².